The predicted octanol–water partition coefficient (Wildman–Crippen LogP) is 0.0294. The quantitative estimate of drug-likeness (QED) is 0.435. The molecule has 0 spiro atoms. The Morgan fingerprint density at radius 1 is 1.50 bits per heavy atom. The maximum atomic E-state index is 12.2. The number of nitrogen functional groups attached to an aromatic ring is 1. The third-order valence-electron chi connectivity index (χ3n) is 2.86. The van der Waals surface area contributed by atoms with Gasteiger partial charge in [-0.3, -0.25) is 19.5 Å². The van der Waals surface area contributed by atoms with Crippen LogP contribution in [0.1, 0.15) is 23.2 Å². The summed E-state index contributed by atoms with van der Waals surface area (Å²) in [5, 5.41) is 3.54. The summed E-state index contributed by atoms with van der Waals surface area (Å²) in [6, 6.07) is 4.57. The third-order valence-corrected chi connectivity index (χ3v) is 4.60. The van der Waals surface area contributed by atoms with E-state index < -0.39 is 15.9 Å². The van der Waals surface area contributed by atoms with Crippen molar-refractivity contribution in [3.05, 3.63) is 42.0 Å². The molecular weight excluding hydrogens is 310 g/mol. The number of hydrogen-bond acceptors (Lipinski definition) is 7. The molecule has 0 saturated carbocycles. The van der Waals surface area contributed by atoms with Crippen LogP contribution >= 0.6 is 0 Å². The minimum absolute atomic E-state index is 0.0301. The minimum atomic E-state index is -3.55. The van der Waals surface area contributed by atoms with Crippen LogP contribution in [-0.4, -0.2) is 30.2 Å². The predicted molar refractivity (Wildman–Crippen MR) is 78.0 cm³/mol. The van der Waals surface area contributed by atoms with Crippen molar-refractivity contribution in [3.63, 3.8) is 0 Å². The van der Waals surface area contributed by atoms with Crippen LogP contribution in [0, 0.1) is 0 Å². The smallest absolute Gasteiger partial charge is 0.287 e. The van der Waals surface area contributed by atoms with Crippen LogP contribution in [-0.2, 0) is 16.6 Å². The molecule has 118 valence electrons. The molecular formula is C12H15N5O4S. The lowest BCUT2D eigenvalue weighted by Crippen LogP contribution is -2.32. The molecule has 0 aromatic carbocycles. The second kappa shape index (κ2) is 6.54. The lowest BCUT2D eigenvalue weighted by Gasteiger charge is -2.21. The minimum Gasteiger partial charge on any atom is -0.359 e. The van der Waals surface area contributed by atoms with Crippen LogP contribution in [0.25, 0.3) is 0 Å². The van der Waals surface area contributed by atoms with Gasteiger partial charge in [-0.2, -0.15) is 0 Å². The first kappa shape index (κ1) is 15.9. The number of nitrogens with zero attached hydrogens (tertiary/aromatic N) is 3. The van der Waals surface area contributed by atoms with Crippen LogP contribution < -0.4 is 15.6 Å². The Morgan fingerprint density at radius 2 is 2.27 bits per heavy atom. The van der Waals surface area contributed by atoms with Gasteiger partial charge in [-0.15, -0.1) is 0 Å². The standard InChI is InChI=1S/C12H15N5O4S/c1-2-22(19,20)17(9-4-3-5-14-7-9)8-10-6-11(16-21-10)12(18)15-13/h3-7H,2,8,13H2,1H3,(H,15,18). The van der Waals surface area contributed by atoms with E-state index in [1.807, 2.05) is 5.43 Å². The molecule has 0 aliphatic carbocycles. The zero-order chi connectivity index (χ0) is 16.2. The van der Waals surface area contributed by atoms with Gasteiger partial charge in [0.05, 0.1) is 24.2 Å². The number of nitrogens with one attached hydrogen (secondary N) is 1. The van der Waals surface area contributed by atoms with Gasteiger partial charge in [0.1, 0.15) is 0 Å². The second-order valence-corrected chi connectivity index (χ2v) is 6.45. The van der Waals surface area contributed by atoms with Crippen LogP contribution in [0.2, 0.25) is 0 Å². The first-order valence-electron chi connectivity index (χ1n) is 6.35. The summed E-state index contributed by atoms with van der Waals surface area (Å²) in [7, 11) is -3.55. The van der Waals surface area contributed by atoms with Crippen molar-refractivity contribution in [2.24, 2.45) is 5.84 Å². The summed E-state index contributed by atoms with van der Waals surface area (Å²) in [5.41, 5.74) is 2.28. The number of hydrogen-bond donors (Lipinski definition) is 2. The second-order valence-electron chi connectivity index (χ2n) is 4.27. The number of carbonyl (C=O) groups excluding carboxylic acids is 1. The summed E-state index contributed by atoms with van der Waals surface area (Å²) in [6.07, 6.45) is 2.97. The average Bonchev–Trinajstić information content (AvgIpc) is 3.01. The number of anilines is 1. The third kappa shape index (κ3) is 3.40. The number of amides is 1. The molecule has 0 fully saturated rings. The van der Waals surface area contributed by atoms with Gasteiger partial charge < -0.3 is 4.52 Å². The Morgan fingerprint density at radius 3 is 2.86 bits per heavy atom. The van der Waals surface area contributed by atoms with E-state index in [0.29, 0.717) is 5.69 Å². The lowest BCUT2D eigenvalue weighted by atomic mass is 10.3. The summed E-state index contributed by atoms with van der Waals surface area (Å²) < 4.78 is 30.6. The molecule has 2 heterocycles. The molecule has 0 aliphatic rings. The van der Waals surface area contributed by atoms with Gasteiger partial charge in [0, 0.05) is 12.3 Å². The van der Waals surface area contributed by atoms with Crippen LogP contribution in [0.4, 0.5) is 5.69 Å². The Bertz CT molecular complexity index is 744. The SMILES string of the molecule is CCS(=O)(=O)N(Cc1cc(C(=O)NN)no1)c1cccnc1. The molecule has 10 heteroatoms. The number of pyridine rings is 1. The molecule has 2 aromatic heterocycles. The van der Waals surface area contributed by atoms with Crippen LogP contribution in [0.3, 0.4) is 0 Å². The number of sulfonamides is 1. The Labute approximate surface area is 127 Å². The molecule has 0 bridgehead atoms. The van der Waals surface area contributed by atoms with E-state index in [4.69, 9.17) is 10.4 Å². The number of carbonyl (C=O) groups is 1. The van der Waals surface area contributed by atoms with Crippen molar-refractivity contribution in [2.45, 2.75) is 13.5 Å². The van der Waals surface area contributed by atoms with Gasteiger partial charge in [-0.25, -0.2) is 14.3 Å². The molecule has 2 aromatic rings. The topological polar surface area (TPSA) is 131 Å². The molecule has 0 radical (unpaired) electrons. The summed E-state index contributed by atoms with van der Waals surface area (Å²) in [4.78, 5) is 15.2. The maximum absolute atomic E-state index is 12.2. The molecule has 9 nitrogen and oxygen atoms in total. The van der Waals surface area contributed by atoms with E-state index in [-0.39, 0.29) is 23.8 Å². The first-order valence-corrected chi connectivity index (χ1v) is 7.96. The fraction of sp³-hybridized carbons (Fsp3) is 0.250. The highest BCUT2D eigenvalue weighted by Gasteiger charge is 2.23. The maximum Gasteiger partial charge on any atom is 0.287 e. The molecule has 22 heavy (non-hydrogen) atoms. The first-order chi connectivity index (χ1) is 10.5. The van der Waals surface area contributed by atoms with E-state index in [1.54, 1.807) is 18.3 Å². The van der Waals surface area contributed by atoms with Crippen LogP contribution in [0.15, 0.2) is 35.1 Å². The van der Waals surface area contributed by atoms with Gasteiger partial charge in [-0.1, -0.05) is 5.16 Å². The average molecular weight is 325 g/mol. The molecule has 3 N–H and O–H groups in total. The van der Waals surface area contributed by atoms with E-state index in [0.717, 1.165) is 4.31 Å². The van der Waals surface area contributed by atoms with E-state index in [2.05, 4.69) is 10.1 Å². The Balaban J connectivity index is 2.32. The number of rotatable bonds is 6. The van der Waals surface area contributed by atoms with Crippen molar-refractivity contribution >= 4 is 21.6 Å². The van der Waals surface area contributed by atoms with Crippen molar-refractivity contribution in [1.82, 2.24) is 15.6 Å². The Kier molecular flexibility index (Phi) is 4.73. The fourth-order valence-corrected chi connectivity index (χ4v) is 2.78. The molecule has 0 aliphatic heterocycles. The highest BCUT2D eigenvalue weighted by Crippen LogP contribution is 2.20. The van der Waals surface area contributed by atoms with Crippen molar-refractivity contribution in [3.8, 4) is 0 Å². The van der Waals surface area contributed by atoms with Crippen molar-refractivity contribution in [2.75, 3.05) is 10.1 Å². The molecule has 1 amide bonds. The normalized spacial score (nSPS) is 11.2. The van der Waals surface area contributed by atoms with Crippen molar-refractivity contribution in [1.29, 1.82) is 0 Å². The fourth-order valence-electron chi connectivity index (χ4n) is 1.72. The van der Waals surface area contributed by atoms with Gasteiger partial charge in [0.2, 0.25) is 10.0 Å². The van der Waals surface area contributed by atoms with Gasteiger partial charge in [0.15, 0.2) is 11.5 Å². The number of nitrogens with two attached hydrogens (primary N) is 1. The largest absolute Gasteiger partial charge is 0.359 e. The van der Waals surface area contributed by atoms with E-state index >= 15 is 0 Å². The Hall–Kier alpha value is -2.46. The zero-order valence-electron chi connectivity index (χ0n) is 11.8. The molecule has 2 rings (SSSR count). The monoisotopic (exact) mass is 325 g/mol. The highest BCUT2D eigenvalue weighted by molar-refractivity contribution is 7.92. The summed E-state index contributed by atoms with van der Waals surface area (Å²) in [5.74, 6) is 4.49. The van der Waals surface area contributed by atoms with E-state index in [9.17, 15) is 13.2 Å². The number of hydrazine groups is 1. The van der Waals surface area contributed by atoms with Gasteiger partial charge in [-0.05, 0) is 19.1 Å². The molecule has 0 saturated heterocycles. The van der Waals surface area contributed by atoms with Crippen molar-refractivity contribution < 1.29 is 17.7 Å². The zero-order valence-corrected chi connectivity index (χ0v) is 12.6. The van der Waals surface area contributed by atoms with E-state index in [1.165, 1.54) is 19.2 Å². The van der Waals surface area contributed by atoms with Gasteiger partial charge >= 0.3 is 0 Å². The number of aromatic nitrogens is 2. The molecule has 0 unspecified atom stereocenters. The lowest BCUT2D eigenvalue weighted by molar-refractivity contribution is 0.0944. The highest BCUT2D eigenvalue weighted by atomic mass is 32.2. The summed E-state index contributed by atoms with van der Waals surface area (Å²) in [6.45, 7) is 1.43. The summed E-state index contributed by atoms with van der Waals surface area (Å²) >= 11 is 0. The van der Waals surface area contributed by atoms with Crippen LogP contribution in [0.5, 0.6) is 0 Å². The van der Waals surface area contributed by atoms with Gasteiger partial charge in [0.25, 0.3) is 5.91 Å². The molecule has 0 atom stereocenters.